The van der Waals surface area contributed by atoms with Gasteiger partial charge in [-0.2, -0.15) is 0 Å². The van der Waals surface area contributed by atoms with Crippen LogP contribution < -0.4 is 9.64 Å². The summed E-state index contributed by atoms with van der Waals surface area (Å²) in [5.74, 6) is 1.61. The number of rotatable bonds is 3. The Hall–Kier alpha value is -4.58. The molecule has 0 unspecified atom stereocenters. The van der Waals surface area contributed by atoms with Crippen LogP contribution in [0.5, 0.6) is 11.5 Å². The Morgan fingerprint density at radius 3 is 1.62 bits per heavy atom. The number of hydrogen-bond acceptors (Lipinski definition) is 6. The lowest BCUT2D eigenvalue weighted by atomic mass is 10.0. The van der Waals surface area contributed by atoms with E-state index in [1.54, 1.807) is 37.2 Å². The van der Waals surface area contributed by atoms with E-state index in [1.165, 1.54) is 0 Å². The molecule has 0 saturated heterocycles. The number of benzene rings is 3. The van der Waals surface area contributed by atoms with Gasteiger partial charge in [0, 0.05) is 41.6 Å². The number of nitrogens with zero attached hydrogens (tertiary/aromatic N) is 5. The topological polar surface area (TPSA) is 64.0 Å². The van der Waals surface area contributed by atoms with Crippen molar-refractivity contribution in [3.63, 3.8) is 0 Å². The van der Waals surface area contributed by atoms with E-state index in [0.717, 1.165) is 51.1 Å². The molecule has 6 nitrogen and oxygen atoms in total. The monoisotopic (exact) mass is 415 g/mol. The standard InChI is InChI=1S/C26H17N5O/c1-3-7-25-23(5-1)31(24-6-2-4-8-26(24)32-25)20-14-18(21-16-27-9-11-29-21)13-19(15-20)22-17-28-10-12-30-22/h1-17H. The lowest BCUT2D eigenvalue weighted by Crippen LogP contribution is -2.15. The second-order valence-corrected chi connectivity index (χ2v) is 7.32. The van der Waals surface area contributed by atoms with Crippen molar-refractivity contribution in [1.82, 2.24) is 19.9 Å². The molecule has 0 bridgehead atoms. The van der Waals surface area contributed by atoms with Gasteiger partial charge in [-0.25, -0.2) is 0 Å². The van der Waals surface area contributed by atoms with Crippen LogP contribution >= 0.6 is 0 Å². The average Bonchev–Trinajstić information content (AvgIpc) is 2.88. The first kappa shape index (κ1) is 18.2. The molecule has 6 heteroatoms. The van der Waals surface area contributed by atoms with Crippen LogP contribution in [0.2, 0.25) is 0 Å². The van der Waals surface area contributed by atoms with Crippen LogP contribution in [0.4, 0.5) is 17.1 Å². The fourth-order valence-electron chi connectivity index (χ4n) is 3.92. The average molecular weight is 415 g/mol. The Morgan fingerprint density at radius 1 is 0.594 bits per heavy atom. The molecule has 0 fully saturated rings. The molecule has 0 radical (unpaired) electrons. The first-order valence-electron chi connectivity index (χ1n) is 10.2. The minimum absolute atomic E-state index is 0.786. The van der Waals surface area contributed by atoms with E-state index in [9.17, 15) is 0 Å². The zero-order valence-corrected chi connectivity index (χ0v) is 17.0. The van der Waals surface area contributed by atoms with Gasteiger partial charge in [-0.1, -0.05) is 24.3 Å². The van der Waals surface area contributed by atoms with E-state index in [-0.39, 0.29) is 0 Å². The number of fused-ring (bicyclic) bond motifs is 2. The fourth-order valence-corrected chi connectivity index (χ4v) is 3.92. The molecule has 0 spiro atoms. The van der Waals surface area contributed by atoms with Gasteiger partial charge in [0.2, 0.25) is 0 Å². The van der Waals surface area contributed by atoms with Gasteiger partial charge in [-0.3, -0.25) is 19.9 Å². The summed E-state index contributed by atoms with van der Waals surface area (Å²) in [6.45, 7) is 0. The summed E-state index contributed by atoms with van der Waals surface area (Å²) in [5, 5.41) is 0. The van der Waals surface area contributed by atoms with Gasteiger partial charge in [-0.15, -0.1) is 0 Å². The summed E-state index contributed by atoms with van der Waals surface area (Å²) in [6.07, 6.45) is 10.3. The summed E-state index contributed by atoms with van der Waals surface area (Å²) >= 11 is 0. The molecule has 2 aromatic heterocycles. The van der Waals surface area contributed by atoms with E-state index >= 15 is 0 Å². The maximum atomic E-state index is 6.17. The van der Waals surface area contributed by atoms with E-state index in [2.05, 4.69) is 55.2 Å². The van der Waals surface area contributed by atoms with Gasteiger partial charge in [0.15, 0.2) is 11.5 Å². The second-order valence-electron chi connectivity index (χ2n) is 7.32. The van der Waals surface area contributed by atoms with Crippen LogP contribution in [0.3, 0.4) is 0 Å². The summed E-state index contributed by atoms with van der Waals surface area (Å²) in [4.78, 5) is 19.7. The van der Waals surface area contributed by atoms with Crippen LogP contribution in [0, 0.1) is 0 Å². The Morgan fingerprint density at radius 2 is 1.12 bits per heavy atom. The number of anilines is 3. The van der Waals surface area contributed by atoms with Gasteiger partial charge in [-0.05, 0) is 42.5 Å². The van der Waals surface area contributed by atoms with Crippen molar-refractivity contribution >= 4 is 17.1 Å². The van der Waals surface area contributed by atoms with Gasteiger partial charge < -0.3 is 9.64 Å². The first-order valence-corrected chi connectivity index (χ1v) is 10.2. The van der Waals surface area contributed by atoms with E-state index in [0.29, 0.717) is 0 Å². The smallest absolute Gasteiger partial charge is 0.151 e. The normalized spacial score (nSPS) is 11.9. The van der Waals surface area contributed by atoms with Crippen LogP contribution in [0.1, 0.15) is 0 Å². The van der Waals surface area contributed by atoms with Crippen LogP contribution in [-0.4, -0.2) is 19.9 Å². The third-order valence-electron chi connectivity index (χ3n) is 5.33. The third-order valence-corrected chi connectivity index (χ3v) is 5.33. The molecule has 3 heterocycles. The molecule has 5 aromatic rings. The first-order chi connectivity index (χ1) is 15.9. The van der Waals surface area contributed by atoms with Crippen LogP contribution in [0.25, 0.3) is 22.5 Å². The molecular formula is C26H17N5O. The van der Waals surface area contributed by atoms with Crippen molar-refractivity contribution in [2.45, 2.75) is 0 Å². The molecule has 0 saturated carbocycles. The number of para-hydroxylation sites is 4. The largest absolute Gasteiger partial charge is 0.453 e. The van der Waals surface area contributed by atoms with Crippen molar-refractivity contribution < 1.29 is 4.74 Å². The Bertz CT molecular complexity index is 1300. The summed E-state index contributed by atoms with van der Waals surface area (Å²) in [7, 11) is 0. The molecule has 0 aliphatic carbocycles. The number of ether oxygens (including phenoxy) is 1. The SMILES string of the molecule is c1ccc2c(c1)Oc1ccccc1N2c1cc(-c2cnccn2)cc(-c2cnccn2)c1. The molecule has 3 aromatic carbocycles. The van der Waals surface area contributed by atoms with Crippen molar-refractivity contribution in [3.8, 4) is 34.0 Å². The fraction of sp³-hybridized carbons (Fsp3) is 0. The molecule has 0 N–H and O–H groups in total. The van der Waals surface area contributed by atoms with E-state index in [1.807, 2.05) is 36.4 Å². The van der Waals surface area contributed by atoms with Crippen LogP contribution in [-0.2, 0) is 0 Å². The predicted molar refractivity (Wildman–Crippen MR) is 123 cm³/mol. The highest BCUT2D eigenvalue weighted by molar-refractivity contribution is 5.89. The van der Waals surface area contributed by atoms with Gasteiger partial charge in [0.05, 0.1) is 35.2 Å². The highest BCUT2D eigenvalue weighted by Crippen LogP contribution is 2.50. The van der Waals surface area contributed by atoms with E-state index in [4.69, 9.17) is 4.74 Å². The lowest BCUT2D eigenvalue weighted by Gasteiger charge is -2.33. The van der Waals surface area contributed by atoms with Crippen molar-refractivity contribution in [1.29, 1.82) is 0 Å². The van der Waals surface area contributed by atoms with Crippen LogP contribution in [0.15, 0.2) is 104 Å². The maximum Gasteiger partial charge on any atom is 0.151 e. The van der Waals surface area contributed by atoms with Crippen molar-refractivity contribution in [3.05, 3.63) is 104 Å². The van der Waals surface area contributed by atoms with Crippen molar-refractivity contribution in [2.75, 3.05) is 4.90 Å². The van der Waals surface area contributed by atoms with Gasteiger partial charge >= 0.3 is 0 Å². The zero-order chi connectivity index (χ0) is 21.3. The summed E-state index contributed by atoms with van der Waals surface area (Å²) in [6, 6.07) is 22.4. The molecule has 0 amide bonds. The molecule has 32 heavy (non-hydrogen) atoms. The van der Waals surface area contributed by atoms with Crippen molar-refractivity contribution in [2.24, 2.45) is 0 Å². The highest BCUT2D eigenvalue weighted by atomic mass is 16.5. The summed E-state index contributed by atoms with van der Waals surface area (Å²) in [5.41, 5.74) is 6.36. The molecular weight excluding hydrogens is 398 g/mol. The highest BCUT2D eigenvalue weighted by Gasteiger charge is 2.26. The summed E-state index contributed by atoms with van der Waals surface area (Å²) < 4.78 is 6.17. The van der Waals surface area contributed by atoms with Gasteiger partial charge in [0.1, 0.15) is 0 Å². The number of hydrogen-bond donors (Lipinski definition) is 0. The third kappa shape index (κ3) is 3.15. The lowest BCUT2D eigenvalue weighted by molar-refractivity contribution is 0.477. The van der Waals surface area contributed by atoms with E-state index < -0.39 is 0 Å². The number of aromatic nitrogens is 4. The quantitative estimate of drug-likeness (QED) is 0.344. The molecule has 1 aliphatic rings. The molecule has 6 rings (SSSR count). The Balaban J connectivity index is 1.61. The predicted octanol–water partition coefficient (Wildman–Crippen LogP) is 6.18. The minimum atomic E-state index is 0.786. The molecule has 1 aliphatic heterocycles. The van der Waals surface area contributed by atoms with Gasteiger partial charge in [0.25, 0.3) is 0 Å². The second kappa shape index (κ2) is 7.59. The molecule has 152 valence electrons. The maximum absolute atomic E-state index is 6.17. The Kier molecular flexibility index (Phi) is 4.32. The zero-order valence-electron chi connectivity index (χ0n) is 17.0. The minimum Gasteiger partial charge on any atom is -0.453 e. The Labute approximate surface area is 184 Å². The molecule has 0 atom stereocenters.